The normalized spacial score (nSPS) is 10.4. The summed E-state index contributed by atoms with van der Waals surface area (Å²) in [7, 11) is 3.96. The molecule has 0 radical (unpaired) electrons. The van der Waals surface area contributed by atoms with Gasteiger partial charge in [0.25, 0.3) is 0 Å². The van der Waals surface area contributed by atoms with Gasteiger partial charge in [0.15, 0.2) is 0 Å². The van der Waals surface area contributed by atoms with E-state index in [4.69, 9.17) is 9.47 Å². The van der Waals surface area contributed by atoms with Gasteiger partial charge in [-0.05, 0) is 91.2 Å². The van der Waals surface area contributed by atoms with E-state index < -0.39 is 35.2 Å². The molecule has 25 heteroatoms. The maximum atomic E-state index is 13.0. The van der Waals surface area contributed by atoms with E-state index in [1.165, 1.54) is 28.8 Å². The Kier molecular flexibility index (Phi) is 33.1. The fourth-order valence-electron chi connectivity index (χ4n) is 8.09. The smallest absolute Gasteiger partial charge is 0.423 e. The molecule has 0 spiro atoms. The van der Waals surface area contributed by atoms with Crippen molar-refractivity contribution in [3.05, 3.63) is 245 Å². The maximum absolute atomic E-state index is 13.0. The Labute approximate surface area is 591 Å². The van der Waals surface area contributed by atoms with Gasteiger partial charge in [-0.3, -0.25) is 27.8 Å². The van der Waals surface area contributed by atoms with Crippen molar-refractivity contribution in [2.75, 3.05) is 21.3 Å². The van der Waals surface area contributed by atoms with Crippen molar-refractivity contribution >= 4 is 0 Å². The van der Waals surface area contributed by atoms with Crippen molar-refractivity contribution in [3.8, 4) is 57.1 Å². The van der Waals surface area contributed by atoms with E-state index in [0.29, 0.717) is 11.4 Å². The summed E-state index contributed by atoms with van der Waals surface area (Å²) in [5.41, 5.74) is 11.6. The third-order valence-corrected chi connectivity index (χ3v) is 12.7. The number of alkyl halides is 6. The molecule has 13 nitrogen and oxygen atoms in total. The van der Waals surface area contributed by atoms with Crippen molar-refractivity contribution in [2.45, 2.75) is 73.7 Å². The van der Waals surface area contributed by atoms with Crippen LogP contribution in [-0.4, -0.2) is 70.2 Å². The van der Waals surface area contributed by atoms with Gasteiger partial charge in [0.05, 0.1) is 38.4 Å². The number of nitrogens with zero attached hydrogens (tertiary/aromatic N) is 10. The van der Waals surface area contributed by atoms with Gasteiger partial charge in [0.1, 0.15) is 11.1 Å². The molecule has 0 saturated heterocycles. The van der Waals surface area contributed by atoms with E-state index in [9.17, 15) is 30.7 Å². The maximum Gasteiger partial charge on any atom is 0.423 e. The molecule has 0 aliphatic carbocycles. The minimum absolute atomic E-state index is 0. The molecule has 0 fully saturated rings. The molecule has 0 aliphatic heterocycles. The average Bonchev–Trinajstić information content (AvgIpc) is 2.47. The largest absolute Gasteiger partial charge is 0.554 e. The SMILES string of the molecule is CCc1cn(-c2[c-]ccc(C)c2)nc1C.CCc1nn(-c2[c-]cc(OC)cc2)cc1C.COc1nn(-c2[c-]ccc(-c3ccccc3)c2)cc1C(F)(F)F.COc1nn(-c2[c-]cccc2)cc1C(F)(F)F.Cc1cn(-c2[c-]cc(F)cc2)nc1C.[Pt].[Pt].[Pt].[Pt].[Pt]. The number of halogens is 7. The topological polar surface area (TPSA) is 117 Å². The minimum Gasteiger partial charge on any atom is -0.554 e. The molecule has 492 valence electrons. The van der Waals surface area contributed by atoms with Crippen LogP contribution in [0.4, 0.5) is 30.7 Å². The van der Waals surface area contributed by atoms with Gasteiger partial charge in [-0.15, -0.1) is 70.4 Å². The summed E-state index contributed by atoms with van der Waals surface area (Å²) in [4.78, 5) is 0. The molecular formula is C65H60F7N10O3Pt5-5. The summed E-state index contributed by atoms with van der Waals surface area (Å²) in [6.07, 6.45) is 0.757. The monoisotopic (exact) mass is 2140 g/mol. The van der Waals surface area contributed by atoms with Gasteiger partial charge < -0.3 is 14.2 Å². The Hall–Kier alpha value is -6.28. The number of aromatic nitrogens is 10. The van der Waals surface area contributed by atoms with E-state index in [1.54, 1.807) is 54.3 Å². The van der Waals surface area contributed by atoms with Gasteiger partial charge in [-0.2, -0.15) is 120 Å². The van der Waals surface area contributed by atoms with E-state index >= 15 is 0 Å². The first-order valence-corrected chi connectivity index (χ1v) is 26.4. The second-order valence-corrected chi connectivity index (χ2v) is 18.8. The molecule has 5 heterocycles. The van der Waals surface area contributed by atoms with Gasteiger partial charge in [-0.1, -0.05) is 51.1 Å². The molecule has 0 saturated carbocycles. The summed E-state index contributed by atoms with van der Waals surface area (Å²) in [5, 5.41) is 20.8. The molecule has 0 unspecified atom stereocenters. The molecule has 0 N–H and O–H groups in total. The van der Waals surface area contributed by atoms with E-state index in [1.807, 2.05) is 109 Å². The Morgan fingerprint density at radius 1 is 0.433 bits per heavy atom. The first-order valence-electron chi connectivity index (χ1n) is 26.4. The van der Waals surface area contributed by atoms with Crippen molar-refractivity contribution in [2.24, 2.45) is 0 Å². The molecule has 0 aliphatic rings. The average molecular weight is 2140 g/mol. The quantitative estimate of drug-likeness (QED) is 0.0928. The van der Waals surface area contributed by atoms with Crippen LogP contribution in [0.15, 0.2) is 158 Å². The molecule has 0 bridgehead atoms. The van der Waals surface area contributed by atoms with Crippen LogP contribution in [0, 0.1) is 70.8 Å². The fourth-order valence-corrected chi connectivity index (χ4v) is 8.09. The standard InChI is InChI=1S/C17H12F3N2O.C13H15N2O.C13H15N2.C11H8F3N2O.C11H10FN2.5Pt/c1-23-16-15(17(18,19)20)11-22(21-16)14-9-5-8-13(10-14)12-6-3-2-4-7-12;1-4-13-10(2)9-15(14-13)11-5-7-12(16-3)8-6-11;1-4-12-9-15(14-11(12)3)13-7-5-6-10(2)8-13;1-17-10-9(11(12,13)14)7-16(15-10)8-5-3-2-4-6-8;1-8-7-14(13-9(8)2)11-5-3-10(12)4-6-11;;;;;/h2-8,10-11H,1H3;5,7-9H,4H2,1-3H3;5-6,8-9H,4H2,1-3H3;2-5,7H,1H3;3-5,7H,1-2H3;;;;;/q5*-1;;;;;. The third-order valence-electron chi connectivity index (χ3n) is 12.7. The van der Waals surface area contributed by atoms with Gasteiger partial charge in [0.2, 0.25) is 11.8 Å². The van der Waals surface area contributed by atoms with Crippen LogP contribution in [0.2, 0.25) is 0 Å². The van der Waals surface area contributed by atoms with E-state index in [-0.39, 0.29) is 111 Å². The number of rotatable bonds is 11. The Bertz CT molecular complexity index is 3870. The third kappa shape index (κ3) is 22.0. The summed E-state index contributed by atoms with van der Waals surface area (Å²) >= 11 is 0. The van der Waals surface area contributed by atoms with Crippen LogP contribution in [-0.2, 0) is 131 Å². The fraction of sp³-hybridized carbons (Fsp3) is 0.215. The molecule has 5 aromatic heterocycles. The number of aryl methyl sites for hydroxylation is 7. The van der Waals surface area contributed by atoms with Crippen LogP contribution in [0.1, 0.15) is 64.3 Å². The molecule has 6 aromatic carbocycles. The zero-order valence-corrected chi connectivity index (χ0v) is 61.2. The molecule has 90 heavy (non-hydrogen) atoms. The number of benzene rings is 6. The first-order chi connectivity index (χ1) is 40.6. The molecule has 11 rings (SSSR count). The summed E-state index contributed by atoms with van der Waals surface area (Å²) in [5.74, 6) is -0.386. The van der Waals surface area contributed by atoms with Crippen molar-refractivity contribution < 1.29 is 150 Å². The second kappa shape index (κ2) is 37.3. The molecule has 0 atom stereocenters. The molecule has 11 aromatic rings. The number of para-hydroxylation sites is 1. The van der Waals surface area contributed by atoms with Crippen LogP contribution < -0.4 is 14.2 Å². The van der Waals surface area contributed by atoms with Crippen LogP contribution in [0.5, 0.6) is 17.5 Å². The van der Waals surface area contributed by atoms with Crippen molar-refractivity contribution in [3.63, 3.8) is 0 Å². The summed E-state index contributed by atoms with van der Waals surface area (Å²) in [6.45, 7) is 14.4. The Morgan fingerprint density at radius 3 is 1.39 bits per heavy atom. The zero-order valence-electron chi connectivity index (χ0n) is 49.8. The van der Waals surface area contributed by atoms with Crippen molar-refractivity contribution in [1.82, 2.24) is 48.9 Å². The minimum atomic E-state index is -4.53. The van der Waals surface area contributed by atoms with E-state index in [2.05, 4.69) is 101 Å². The van der Waals surface area contributed by atoms with Crippen molar-refractivity contribution in [1.29, 1.82) is 0 Å². The molecule has 0 amide bonds. The van der Waals surface area contributed by atoms with Crippen LogP contribution >= 0.6 is 0 Å². The summed E-state index contributed by atoms with van der Waals surface area (Å²) in [6, 6.07) is 52.3. The van der Waals surface area contributed by atoms with E-state index in [0.717, 1.165) is 105 Å². The van der Waals surface area contributed by atoms with Crippen LogP contribution in [0.25, 0.3) is 39.6 Å². The Balaban J connectivity index is 0.000000382. The van der Waals surface area contributed by atoms with Gasteiger partial charge >= 0.3 is 12.4 Å². The zero-order chi connectivity index (χ0) is 61.4. The second-order valence-electron chi connectivity index (χ2n) is 18.8. The number of hydrogen-bond donors (Lipinski definition) is 0. The number of methoxy groups -OCH3 is 3. The number of hydrogen-bond acceptors (Lipinski definition) is 8. The first kappa shape index (κ1) is 79.8. The van der Waals surface area contributed by atoms with Crippen LogP contribution in [0.3, 0.4) is 0 Å². The van der Waals surface area contributed by atoms with Gasteiger partial charge in [0, 0.05) is 148 Å². The predicted molar refractivity (Wildman–Crippen MR) is 309 cm³/mol. The predicted octanol–water partition coefficient (Wildman–Crippen LogP) is 14.9. The van der Waals surface area contributed by atoms with Gasteiger partial charge in [-0.25, -0.2) is 0 Å². The molecular weight excluding hydrogens is 2080 g/mol. The summed E-state index contributed by atoms with van der Waals surface area (Å²) < 4.78 is 111. The Morgan fingerprint density at radius 2 is 0.933 bits per heavy atom. The number of ether oxygens (including phenoxy) is 3.